The van der Waals surface area contributed by atoms with Crippen molar-refractivity contribution in [3.63, 3.8) is 0 Å². The molecule has 1 atom stereocenters. The minimum atomic E-state index is 0.259. The van der Waals surface area contributed by atoms with E-state index in [9.17, 15) is 0 Å². The molecule has 0 saturated carbocycles. The third kappa shape index (κ3) is 2.37. The Balaban J connectivity index is 1.67. The standard InChI is InChI=1S/C16H17NO3/c1-18-16-7-6-12(8-14(16)17)19-9-11-10-20-15-5-3-2-4-13(11)15/h2-8,11H,9-10,17H2,1H3. The van der Waals surface area contributed by atoms with Crippen LogP contribution < -0.4 is 19.9 Å². The van der Waals surface area contributed by atoms with Gasteiger partial charge in [-0.15, -0.1) is 0 Å². The largest absolute Gasteiger partial charge is 0.495 e. The summed E-state index contributed by atoms with van der Waals surface area (Å²) >= 11 is 0. The van der Waals surface area contributed by atoms with Crippen molar-refractivity contribution in [3.05, 3.63) is 48.0 Å². The van der Waals surface area contributed by atoms with Gasteiger partial charge in [-0.25, -0.2) is 0 Å². The Kier molecular flexibility index (Phi) is 3.37. The Bertz CT molecular complexity index is 612. The van der Waals surface area contributed by atoms with E-state index < -0.39 is 0 Å². The highest BCUT2D eigenvalue weighted by Gasteiger charge is 2.24. The molecule has 1 heterocycles. The van der Waals surface area contributed by atoms with Crippen molar-refractivity contribution in [1.82, 2.24) is 0 Å². The van der Waals surface area contributed by atoms with Crippen LogP contribution in [0.4, 0.5) is 5.69 Å². The quantitative estimate of drug-likeness (QED) is 0.869. The van der Waals surface area contributed by atoms with Crippen molar-refractivity contribution in [2.75, 3.05) is 26.1 Å². The number of benzene rings is 2. The van der Waals surface area contributed by atoms with E-state index >= 15 is 0 Å². The number of nitrogens with two attached hydrogens (primary N) is 1. The third-order valence-electron chi connectivity index (χ3n) is 3.45. The van der Waals surface area contributed by atoms with Gasteiger partial charge in [0.2, 0.25) is 0 Å². The van der Waals surface area contributed by atoms with Crippen LogP contribution in [0.25, 0.3) is 0 Å². The molecule has 1 aliphatic rings. The van der Waals surface area contributed by atoms with Crippen LogP contribution in [0.3, 0.4) is 0 Å². The second-order valence-electron chi connectivity index (χ2n) is 4.76. The highest BCUT2D eigenvalue weighted by atomic mass is 16.5. The molecule has 2 aromatic carbocycles. The molecule has 0 aliphatic carbocycles. The molecule has 0 saturated heterocycles. The molecule has 4 heteroatoms. The lowest BCUT2D eigenvalue weighted by molar-refractivity contribution is 0.248. The zero-order valence-corrected chi connectivity index (χ0v) is 11.3. The van der Waals surface area contributed by atoms with Gasteiger partial charge in [0.15, 0.2) is 0 Å². The third-order valence-corrected chi connectivity index (χ3v) is 3.45. The topological polar surface area (TPSA) is 53.7 Å². The summed E-state index contributed by atoms with van der Waals surface area (Å²) in [5.74, 6) is 2.62. The first-order valence-electron chi connectivity index (χ1n) is 6.56. The molecule has 0 radical (unpaired) electrons. The van der Waals surface area contributed by atoms with E-state index in [0.717, 1.165) is 11.5 Å². The normalized spacial score (nSPS) is 16.4. The fraction of sp³-hybridized carbons (Fsp3) is 0.250. The molecule has 0 spiro atoms. The molecule has 20 heavy (non-hydrogen) atoms. The lowest BCUT2D eigenvalue weighted by atomic mass is 10.0. The van der Waals surface area contributed by atoms with Crippen molar-refractivity contribution in [1.29, 1.82) is 0 Å². The molecule has 0 fully saturated rings. The Morgan fingerprint density at radius 3 is 2.90 bits per heavy atom. The second kappa shape index (κ2) is 5.33. The summed E-state index contributed by atoms with van der Waals surface area (Å²) in [7, 11) is 1.60. The smallest absolute Gasteiger partial charge is 0.142 e. The molecule has 3 rings (SSSR count). The number of hydrogen-bond acceptors (Lipinski definition) is 4. The average molecular weight is 271 g/mol. The minimum Gasteiger partial charge on any atom is -0.495 e. The highest BCUT2D eigenvalue weighted by Crippen LogP contribution is 2.34. The molecule has 104 valence electrons. The first kappa shape index (κ1) is 12.7. The van der Waals surface area contributed by atoms with Crippen LogP contribution in [0.1, 0.15) is 11.5 Å². The molecule has 0 aromatic heterocycles. The lowest BCUT2D eigenvalue weighted by Crippen LogP contribution is -2.11. The fourth-order valence-corrected chi connectivity index (χ4v) is 2.37. The summed E-state index contributed by atoms with van der Waals surface area (Å²) < 4.78 is 16.6. The van der Waals surface area contributed by atoms with Crippen LogP contribution in [-0.2, 0) is 0 Å². The van der Waals surface area contributed by atoms with E-state index in [-0.39, 0.29) is 5.92 Å². The van der Waals surface area contributed by atoms with Gasteiger partial charge >= 0.3 is 0 Å². The molecule has 4 nitrogen and oxygen atoms in total. The van der Waals surface area contributed by atoms with Gasteiger partial charge in [-0.3, -0.25) is 0 Å². The molecule has 1 unspecified atom stereocenters. The van der Waals surface area contributed by atoms with Gasteiger partial charge in [-0.2, -0.15) is 0 Å². The van der Waals surface area contributed by atoms with Crippen molar-refractivity contribution < 1.29 is 14.2 Å². The zero-order chi connectivity index (χ0) is 13.9. The van der Waals surface area contributed by atoms with Crippen LogP contribution in [0.5, 0.6) is 17.2 Å². The molecular formula is C16H17NO3. The van der Waals surface area contributed by atoms with Gasteiger partial charge in [0, 0.05) is 11.6 Å². The van der Waals surface area contributed by atoms with Crippen molar-refractivity contribution >= 4 is 5.69 Å². The van der Waals surface area contributed by atoms with Crippen LogP contribution in [0.2, 0.25) is 0 Å². The van der Waals surface area contributed by atoms with Crippen molar-refractivity contribution in [3.8, 4) is 17.2 Å². The van der Waals surface area contributed by atoms with Crippen LogP contribution in [0.15, 0.2) is 42.5 Å². The predicted molar refractivity (Wildman–Crippen MR) is 77.6 cm³/mol. The SMILES string of the molecule is COc1ccc(OCC2COc3ccccc32)cc1N. The van der Waals surface area contributed by atoms with E-state index in [2.05, 4.69) is 6.07 Å². The summed E-state index contributed by atoms with van der Waals surface area (Å²) in [4.78, 5) is 0. The van der Waals surface area contributed by atoms with E-state index in [4.69, 9.17) is 19.9 Å². The summed E-state index contributed by atoms with van der Waals surface area (Å²) in [6, 6.07) is 13.5. The summed E-state index contributed by atoms with van der Waals surface area (Å²) in [6.45, 7) is 1.23. The van der Waals surface area contributed by atoms with E-state index in [0.29, 0.717) is 24.7 Å². The Hall–Kier alpha value is -2.36. The van der Waals surface area contributed by atoms with Gasteiger partial charge in [0.05, 0.1) is 31.9 Å². The highest BCUT2D eigenvalue weighted by molar-refractivity contribution is 5.56. The number of ether oxygens (including phenoxy) is 3. The van der Waals surface area contributed by atoms with Crippen LogP contribution in [-0.4, -0.2) is 20.3 Å². The summed E-state index contributed by atoms with van der Waals surface area (Å²) in [6.07, 6.45) is 0. The number of hydrogen-bond donors (Lipinski definition) is 1. The number of para-hydroxylation sites is 1. The van der Waals surface area contributed by atoms with Gasteiger partial charge in [0.1, 0.15) is 17.2 Å². The Morgan fingerprint density at radius 2 is 2.10 bits per heavy atom. The molecule has 1 aliphatic heterocycles. The predicted octanol–water partition coefficient (Wildman–Crippen LogP) is 2.83. The van der Waals surface area contributed by atoms with Gasteiger partial charge in [0.25, 0.3) is 0 Å². The number of nitrogen functional groups attached to an aromatic ring is 1. The average Bonchev–Trinajstić information content (AvgIpc) is 2.88. The number of methoxy groups -OCH3 is 1. The minimum absolute atomic E-state index is 0.259. The maximum Gasteiger partial charge on any atom is 0.142 e. The Labute approximate surface area is 118 Å². The molecule has 2 N–H and O–H groups in total. The Morgan fingerprint density at radius 1 is 1.25 bits per heavy atom. The molecular weight excluding hydrogens is 254 g/mol. The summed E-state index contributed by atoms with van der Waals surface area (Å²) in [5.41, 5.74) is 7.64. The maximum atomic E-state index is 5.86. The van der Waals surface area contributed by atoms with Gasteiger partial charge < -0.3 is 19.9 Å². The fourth-order valence-electron chi connectivity index (χ4n) is 2.37. The second-order valence-corrected chi connectivity index (χ2v) is 4.76. The first-order valence-corrected chi connectivity index (χ1v) is 6.56. The first-order chi connectivity index (χ1) is 9.78. The van der Waals surface area contributed by atoms with Crippen molar-refractivity contribution in [2.24, 2.45) is 0 Å². The number of anilines is 1. The van der Waals surface area contributed by atoms with E-state index in [1.54, 1.807) is 13.2 Å². The molecule has 0 bridgehead atoms. The lowest BCUT2D eigenvalue weighted by Gasteiger charge is -2.12. The number of rotatable bonds is 4. The van der Waals surface area contributed by atoms with E-state index in [1.165, 1.54) is 5.56 Å². The number of fused-ring (bicyclic) bond motifs is 1. The molecule has 2 aromatic rings. The van der Waals surface area contributed by atoms with E-state index in [1.807, 2.05) is 30.3 Å². The maximum absolute atomic E-state index is 5.86. The summed E-state index contributed by atoms with van der Waals surface area (Å²) in [5, 5.41) is 0. The molecule has 0 amide bonds. The monoisotopic (exact) mass is 271 g/mol. The van der Waals surface area contributed by atoms with Crippen molar-refractivity contribution in [2.45, 2.75) is 5.92 Å². The zero-order valence-electron chi connectivity index (χ0n) is 11.3. The van der Waals surface area contributed by atoms with Crippen LogP contribution in [0, 0.1) is 0 Å². The van der Waals surface area contributed by atoms with Gasteiger partial charge in [-0.05, 0) is 18.2 Å². The van der Waals surface area contributed by atoms with Gasteiger partial charge in [-0.1, -0.05) is 18.2 Å². The van der Waals surface area contributed by atoms with Crippen LogP contribution >= 0.6 is 0 Å².